The number of ether oxygens (including phenoxy) is 1. The predicted molar refractivity (Wildman–Crippen MR) is 205 cm³/mol. The van der Waals surface area contributed by atoms with Crippen molar-refractivity contribution < 1.29 is 19.1 Å². The Labute approximate surface area is 307 Å². The number of nitrogens with zero attached hydrogens (tertiary/aromatic N) is 5. The van der Waals surface area contributed by atoms with E-state index < -0.39 is 12.1 Å². The zero-order valence-electron chi connectivity index (χ0n) is 30.0. The van der Waals surface area contributed by atoms with E-state index in [0.29, 0.717) is 29.5 Å². The minimum absolute atomic E-state index is 0.189. The number of carbonyl (C=O) groups is 3. The zero-order chi connectivity index (χ0) is 37.4. The van der Waals surface area contributed by atoms with Gasteiger partial charge in [0.15, 0.2) is 0 Å². The molecule has 0 aliphatic carbocycles. The minimum atomic E-state index is -0.584. The summed E-state index contributed by atoms with van der Waals surface area (Å²) < 4.78 is 9.89. The Bertz CT molecular complexity index is 2210. The van der Waals surface area contributed by atoms with Crippen LogP contribution in [-0.2, 0) is 16.8 Å². The van der Waals surface area contributed by atoms with Crippen LogP contribution in [0.3, 0.4) is 0 Å². The number of aromatic nitrogens is 5. The first-order valence-corrected chi connectivity index (χ1v) is 17.2. The third-order valence-electron chi connectivity index (χ3n) is 8.21. The predicted octanol–water partition coefficient (Wildman–Crippen LogP) is 6.99. The van der Waals surface area contributed by atoms with Gasteiger partial charge < -0.3 is 25.3 Å². The number of rotatable bonds is 12. The Hall–Kier alpha value is -6.70. The highest BCUT2D eigenvalue weighted by molar-refractivity contribution is 6.07. The van der Waals surface area contributed by atoms with Crippen molar-refractivity contribution in [3.8, 4) is 17.2 Å². The van der Waals surface area contributed by atoms with Crippen molar-refractivity contribution in [1.29, 1.82) is 0 Å². The molecule has 0 radical (unpaired) electrons. The van der Waals surface area contributed by atoms with Crippen LogP contribution in [0.2, 0.25) is 0 Å². The molecule has 272 valence electrons. The van der Waals surface area contributed by atoms with E-state index in [0.717, 1.165) is 40.7 Å². The van der Waals surface area contributed by atoms with Gasteiger partial charge in [0.05, 0.1) is 29.9 Å². The number of urea groups is 2. The van der Waals surface area contributed by atoms with Crippen LogP contribution in [0.5, 0.6) is 11.5 Å². The molecular formula is C39H42N10O4. The molecule has 14 nitrogen and oxygen atoms in total. The van der Waals surface area contributed by atoms with E-state index >= 15 is 0 Å². The number of nitrogens with one attached hydrogen (secondary N) is 5. The lowest BCUT2D eigenvalue weighted by molar-refractivity contribution is -0.120. The van der Waals surface area contributed by atoms with Gasteiger partial charge in [-0.1, -0.05) is 62.7 Å². The summed E-state index contributed by atoms with van der Waals surface area (Å²) in [7, 11) is 0. The number of pyridine rings is 1. The minimum Gasteiger partial charge on any atom is -0.457 e. The highest BCUT2D eigenvalue weighted by Gasteiger charge is 2.22. The van der Waals surface area contributed by atoms with E-state index in [2.05, 4.69) is 57.3 Å². The molecule has 0 fully saturated rings. The van der Waals surface area contributed by atoms with Crippen molar-refractivity contribution in [3.63, 3.8) is 0 Å². The molecule has 53 heavy (non-hydrogen) atoms. The fourth-order valence-electron chi connectivity index (χ4n) is 5.42. The largest absolute Gasteiger partial charge is 0.457 e. The van der Waals surface area contributed by atoms with E-state index in [1.54, 1.807) is 41.5 Å². The summed E-state index contributed by atoms with van der Waals surface area (Å²) in [5, 5.41) is 20.2. The SMILES string of the molecule is Cc1ccc(-n2nc(C(C)(C)C)cc2NC(=O)Nc2ccc(Oc3ccnc(NC(=O)NCC(=O)NCCCn4ccnc4)c3)c3ccccc23)cc1. The van der Waals surface area contributed by atoms with Crippen molar-refractivity contribution in [2.24, 2.45) is 0 Å². The summed E-state index contributed by atoms with van der Waals surface area (Å²) in [4.78, 5) is 46.3. The molecule has 3 heterocycles. The van der Waals surface area contributed by atoms with E-state index in [1.165, 1.54) is 6.20 Å². The molecule has 14 heteroatoms. The normalized spacial score (nSPS) is 11.2. The van der Waals surface area contributed by atoms with Gasteiger partial charge in [-0.25, -0.2) is 24.2 Å². The van der Waals surface area contributed by atoms with Gasteiger partial charge in [0.2, 0.25) is 5.91 Å². The molecule has 5 amide bonds. The van der Waals surface area contributed by atoms with Gasteiger partial charge in [0, 0.05) is 60.0 Å². The maximum Gasteiger partial charge on any atom is 0.324 e. The molecule has 5 N–H and O–H groups in total. The molecule has 0 spiro atoms. The molecule has 0 saturated heterocycles. The molecule has 3 aromatic heterocycles. The average Bonchev–Trinajstić information content (AvgIpc) is 3.82. The standard InChI is InChI=1S/C39H42N10O4/c1-26-10-12-27(13-11-26)49-35(23-33(47-49)39(2,3)4)46-38(52)44-31-14-15-32(30-9-6-5-8-29(30)31)53-28-16-18-41-34(22-28)45-37(51)43-24-36(50)42-17-7-20-48-21-19-40-25-48/h5-6,8-16,18-19,21-23,25H,7,17,20,24H2,1-4H3,(H,42,50)(H2,44,46,52)(H2,41,43,45,51). The van der Waals surface area contributed by atoms with Gasteiger partial charge in [-0.05, 0) is 43.7 Å². The van der Waals surface area contributed by atoms with E-state index in [-0.39, 0.29) is 23.7 Å². The summed E-state index contributed by atoms with van der Waals surface area (Å²) in [6.07, 6.45) is 7.51. The maximum atomic E-state index is 13.4. The van der Waals surface area contributed by atoms with Gasteiger partial charge in [-0.2, -0.15) is 5.10 Å². The molecule has 0 atom stereocenters. The third kappa shape index (κ3) is 9.55. The van der Waals surface area contributed by atoms with Crippen molar-refractivity contribution in [3.05, 3.63) is 115 Å². The second-order valence-corrected chi connectivity index (χ2v) is 13.4. The molecule has 0 unspecified atom stereocenters. The summed E-state index contributed by atoms with van der Waals surface area (Å²) >= 11 is 0. The van der Waals surface area contributed by atoms with E-state index in [9.17, 15) is 14.4 Å². The van der Waals surface area contributed by atoms with Gasteiger partial charge in [-0.3, -0.25) is 15.4 Å². The topological polar surface area (TPSA) is 169 Å². The van der Waals surface area contributed by atoms with Gasteiger partial charge in [0.25, 0.3) is 0 Å². The number of aryl methyl sites for hydroxylation is 2. The van der Waals surface area contributed by atoms with Crippen LogP contribution in [0.15, 0.2) is 104 Å². The number of imidazole rings is 1. The number of carbonyl (C=O) groups excluding carboxylic acids is 3. The number of benzene rings is 3. The first kappa shape index (κ1) is 36.1. The van der Waals surface area contributed by atoms with Gasteiger partial charge in [0.1, 0.15) is 23.1 Å². The fraction of sp³-hybridized carbons (Fsp3) is 0.231. The van der Waals surface area contributed by atoms with E-state index in [4.69, 9.17) is 9.84 Å². The summed E-state index contributed by atoms with van der Waals surface area (Å²) in [5.74, 6) is 1.43. The molecule has 6 aromatic rings. The number of hydrogen-bond acceptors (Lipinski definition) is 7. The molecule has 6 rings (SSSR count). The zero-order valence-corrected chi connectivity index (χ0v) is 30.0. The van der Waals surface area contributed by atoms with Crippen LogP contribution in [0.1, 0.15) is 38.4 Å². The highest BCUT2D eigenvalue weighted by Crippen LogP contribution is 2.35. The monoisotopic (exact) mass is 714 g/mol. The van der Waals surface area contributed by atoms with Crippen LogP contribution in [0.4, 0.5) is 26.9 Å². The van der Waals surface area contributed by atoms with Crippen molar-refractivity contribution >= 4 is 46.1 Å². The summed E-state index contributed by atoms with van der Waals surface area (Å²) in [6, 6.07) is 23.1. The Morgan fingerprint density at radius 2 is 1.62 bits per heavy atom. The summed E-state index contributed by atoms with van der Waals surface area (Å²) in [5.41, 5.74) is 3.15. The van der Waals surface area contributed by atoms with Crippen LogP contribution >= 0.6 is 0 Å². The maximum absolute atomic E-state index is 13.4. The second-order valence-electron chi connectivity index (χ2n) is 13.4. The van der Waals surface area contributed by atoms with Crippen LogP contribution in [-0.4, -0.2) is 55.4 Å². The highest BCUT2D eigenvalue weighted by atomic mass is 16.5. The van der Waals surface area contributed by atoms with Crippen molar-refractivity contribution in [2.45, 2.75) is 46.1 Å². The molecule has 0 aliphatic heterocycles. The van der Waals surface area contributed by atoms with Crippen LogP contribution in [0, 0.1) is 6.92 Å². The smallest absolute Gasteiger partial charge is 0.324 e. The van der Waals surface area contributed by atoms with E-state index in [1.807, 2.05) is 72.3 Å². The first-order chi connectivity index (χ1) is 25.5. The molecule has 3 aromatic carbocycles. The lowest BCUT2D eigenvalue weighted by Gasteiger charge is -2.15. The number of fused-ring (bicyclic) bond motifs is 1. The van der Waals surface area contributed by atoms with Crippen LogP contribution < -0.4 is 31.3 Å². The first-order valence-electron chi connectivity index (χ1n) is 17.2. The Morgan fingerprint density at radius 3 is 2.38 bits per heavy atom. The lowest BCUT2D eigenvalue weighted by atomic mass is 9.92. The Balaban J connectivity index is 1.08. The fourth-order valence-corrected chi connectivity index (χ4v) is 5.42. The quantitative estimate of drug-likeness (QED) is 0.0852. The summed E-state index contributed by atoms with van der Waals surface area (Å²) in [6.45, 7) is 9.26. The Kier molecular flexibility index (Phi) is 11.0. The van der Waals surface area contributed by atoms with Crippen molar-refractivity contribution in [2.75, 3.05) is 29.0 Å². The molecular weight excluding hydrogens is 672 g/mol. The molecule has 0 aliphatic rings. The second kappa shape index (κ2) is 16.1. The lowest BCUT2D eigenvalue weighted by Crippen LogP contribution is -2.39. The van der Waals surface area contributed by atoms with Crippen LogP contribution in [0.25, 0.3) is 16.5 Å². The van der Waals surface area contributed by atoms with Crippen molar-refractivity contribution in [1.82, 2.24) is 34.9 Å². The number of hydrogen-bond donors (Lipinski definition) is 5. The average molecular weight is 715 g/mol. The van der Waals surface area contributed by atoms with Gasteiger partial charge >= 0.3 is 12.1 Å². The molecule has 0 bridgehead atoms. The number of anilines is 3. The number of amides is 5. The molecule has 0 saturated carbocycles. The Morgan fingerprint density at radius 1 is 0.830 bits per heavy atom. The third-order valence-corrected chi connectivity index (χ3v) is 8.21. The van der Waals surface area contributed by atoms with Gasteiger partial charge in [-0.15, -0.1) is 0 Å².